The first-order valence-corrected chi connectivity index (χ1v) is 5.55. The lowest BCUT2D eigenvalue weighted by Crippen LogP contribution is -2.48. The molecular weight excluding hydrogens is 238 g/mol. The molecule has 0 aliphatic carbocycles. The maximum atomic E-state index is 10.6. The van der Waals surface area contributed by atoms with Gasteiger partial charge in [-0.1, -0.05) is 0 Å². The Hall–Kier alpha value is -2.18. The van der Waals surface area contributed by atoms with Gasteiger partial charge in [-0.25, -0.2) is 4.98 Å². The van der Waals surface area contributed by atoms with Crippen LogP contribution in [0.3, 0.4) is 0 Å². The summed E-state index contributed by atoms with van der Waals surface area (Å²) in [5.74, 6) is 0.00651. The number of hydrogen-bond donors (Lipinski definition) is 1. The minimum absolute atomic E-state index is 0.00126. The van der Waals surface area contributed by atoms with Crippen LogP contribution in [0.15, 0.2) is 12.3 Å². The zero-order valence-corrected chi connectivity index (χ0v) is 9.87. The summed E-state index contributed by atoms with van der Waals surface area (Å²) in [4.78, 5) is 26.6. The number of pyridine rings is 1. The van der Waals surface area contributed by atoms with Crippen molar-refractivity contribution in [3.05, 3.63) is 27.9 Å². The van der Waals surface area contributed by atoms with Crippen LogP contribution in [-0.2, 0) is 4.79 Å². The predicted molar refractivity (Wildman–Crippen MR) is 63.6 cm³/mol. The van der Waals surface area contributed by atoms with Gasteiger partial charge in [0.05, 0.1) is 11.3 Å². The number of aromatic nitrogens is 1. The van der Waals surface area contributed by atoms with E-state index in [2.05, 4.69) is 4.98 Å². The van der Waals surface area contributed by atoms with Crippen LogP contribution in [0.5, 0.6) is 0 Å². The molecular formula is C11H13N3O4. The second-order valence-electron chi connectivity index (χ2n) is 4.45. The number of carboxylic acid groups (broad SMARTS) is 1. The molecule has 0 atom stereocenters. The van der Waals surface area contributed by atoms with Crippen molar-refractivity contribution in [3.8, 4) is 0 Å². The molecule has 1 N–H and O–H groups in total. The van der Waals surface area contributed by atoms with Crippen molar-refractivity contribution in [2.75, 3.05) is 18.0 Å². The molecule has 0 amide bonds. The number of aliphatic carboxylic acids is 1. The molecule has 0 spiro atoms. The fraction of sp³-hybridized carbons (Fsp3) is 0.455. The van der Waals surface area contributed by atoms with E-state index in [1.165, 1.54) is 6.20 Å². The van der Waals surface area contributed by atoms with Crippen molar-refractivity contribution in [2.45, 2.75) is 13.3 Å². The molecule has 7 nitrogen and oxygen atoms in total. The lowest BCUT2D eigenvalue weighted by Gasteiger charge is -2.39. The van der Waals surface area contributed by atoms with Crippen molar-refractivity contribution < 1.29 is 14.8 Å². The zero-order valence-electron chi connectivity index (χ0n) is 9.87. The Morgan fingerprint density at radius 2 is 2.33 bits per heavy atom. The summed E-state index contributed by atoms with van der Waals surface area (Å²) < 4.78 is 0. The number of aryl methyl sites for hydroxylation is 1. The lowest BCUT2D eigenvalue weighted by molar-refractivity contribution is -0.385. The monoisotopic (exact) mass is 251 g/mol. The molecule has 0 radical (unpaired) electrons. The van der Waals surface area contributed by atoms with Crippen LogP contribution >= 0.6 is 0 Å². The average molecular weight is 251 g/mol. The number of anilines is 1. The summed E-state index contributed by atoms with van der Waals surface area (Å²) >= 11 is 0. The SMILES string of the molecule is Cc1cc(N2CC(CC(=O)O)C2)ncc1[N+](=O)[O-]. The predicted octanol–water partition coefficient (Wildman–Crippen LogP) is 1.21. The highest BCUT2D eigenvalue weighted by molar-refractivity contribution is 5.67. The van der Waals surface area contributed by atoms with Gasteiger partial charge in [0.25, 0.3) is 5.69 Å². The fourth-order valence-corrected chi connectivity index (χ4v) is 2.03. The van der Waals surface area contributed by atoms with Crippen LogP contribution in [0.1, 0.15) is 12.0 Å². The Morgan fingerprint density at radius 3 is 2.83 bits per heavy atom. The number of hydrogen-bond acceptors (Lipinski definition) is 5. The van der Waals surface area contributed by atoms with Gasteiger partial charge in [-0.15, -0.1) is 0 Å². The second-order valence-corrected chi connectivity index (χ2v) is 4.45. The first kappa shape index (κ1) is 12.3. The van der Waals surface area contributed by atoms with Gasteiger partial charge in [0.2, 0.25) is 0 Å². The maximum Gasteiger partial charge on any atom is 0.303 e. The number of nitrogens with zero attached hydrogens (tertiary/aromatic N) is 3. The molecule has 96 valence electrons. The van der Waals surface area contributed by atoms with Gasteiger partial charge in [0.1, 0.15) is 12.0 Å². The fourth-order valence-electron chi connectivity index (χ4n) is 2.03. The molecule has 2 rings (SSSR count). The molecule has 1 aliphatic rings. The summed E-state index contributed by atoms with van der Waals surface area (Å²) in [6, 6.07) is 1.66. The van der Waals surface area contributed by atoms with Crippen molar-refractivity contribution >= 4 is 17.5 Å². The largest absolute Gasteiger partial charge is 0.481 e. The Morgan fingerprint density at radius 1 is 1.67 bits per heavy atom. The number of rotatable bonds is 4. The van der Waals surface area contributed by atoms with Gasteiger partial charge in [0, 0.05) is 24.6 Å². The minimum atomic E-state index is -0.799. The molecule has 1 aliphatic heterocycles. The molecule has 7 heteroatoms. The van der Waals surface area contributed by atoms with Crippen molar-refractivity contribution in [3.63, 3.8) is 0 Å². The summed E-state index contributed by atoms with van der Waals surface area (Å²) in [7, 11) is 0. The highest BCUT2D eigenvalue weighted by Gasteiger charge is 2.30. The Kier molecular flexibility index (Phi) is 3.14. The van der Waals surface area contributed by atoms with E-state index < -0.39 is 10.9 Å². The molecule has 0 unspecified atom stereocenters. The number of carboxylic acids is 1. The molecule has 0 aromatic carbocycles. The van der Waals surface area contributed by atoms with Crippen LogP contribution in [0, 0.1) is 23.0 Å². The molecule has 0 saturated carbocycles. The van der Waals surface area contributed by atoms with E-state index in [0.29, 0.717) is 24.5 Å². The first-order valence-electron chi connectivity index (χ1n) is 5.55. The third kappa shape index (κ3) is 2.39. The van der Waals surface area contributed by atoms with E-state index >= 15 is 0 Å². The summed E-state index contributed by atoms with van der Waals surface area (Å²) in [5.41, 5.74) is 0.563. The smallest absolute Gasteiger partial charge is 0.303 e. The molecule has 1 saturated heterocycles. The van der Waals surface area contributed by atoms with Crippen molar-refractivity contribution in [1.82, 2.24) is 4.98 Å². The number of carbonyl (C=O) groups is 1. The standard InChI is InChI=1S/C11H13N3O4/c1-7-2-10(12-4-9(7)14(17)18)13-5-8(6-13)3-11(15)16/h2,4,8H,3,5-6H2,1H3,(H,15,16). The van der Waals surface area contributed by atoms with Crippen molar-refractivity contribution in [1.29, 1.82) is 0 Å². The second kappa shape index (κ2) is 4.59. The van der Waals surface area contributed by atoms with Crippen LogP contribution < -0.4 is 4.90 Å². The van der Waals surface area contributed by atoms with E-state index in [9.17, 15) is 14.9 Å². The Labute approximate surface area is 103 Å². The molecule has 2 heterocycles. The van der Waals surface area contributed by atoms with Crippen LogP contribution in [-0.4, -0.2) is 34.1 Å². The van der Waals surface area contributed by atoms with E-state index in [1.807, 2.05) is 4.90 Å². The summed E-state index contributed by atoms with van der Waals surface area (Å²) in [5, 5.41) is 19.3. The van der Waals surface area contributed by atoms with Crippen molar-refractivity contribution in [2.24, 2.45) is 5.92 Å². The van der Waals surface area contributed by atoms with Crippen LogP contribution in [0.4, 0.5) is 11.5 Å². The van der Waals surface area contributed by atoms with E-state index in [0.717, 1.165) is 0 Å². The minimum Gasteiger partial charge on any atom is -0.481 e. The van der Waals surface area contributed by atoms with Gasteiger partial charge in [-0.2, -0.15) is 0 Å². The summed E-state index contributed by atoms with van der Waals surface area (Å²) in [6.45, 7) is 2.94. The lowest BCUT2D eigenvalue weighted by atomic mass is 9.96. The molecule has 0 bridgehead atoms. The van der Waals surface area contributed by atoms with Gasteiger partial charge in [-0.3, -0.25) is 14.9 Å². The molecule has 1 aromatic heterocycles. The molecule has 1 aromatic rings. The first-order chi connectivity index (χ1) is 8.47. The average Bonchev–Trinajstić information content (AvgIpc) is 2.21. The van der Waals surface area contributed by atoms with Gasteiger partial charge in [-0.05, 0) is 13.0 Å². The van der Waals surface area contributed by atoms with Gasteiger partial charge < -0.3 is 10.0 Å². The maximum absolute atomic E-state index is 10.6. The van der Waals surface area contributed by atoms with E-state index in [1.54, 1.807) is 13.0 Å². The van der Waals surface area contributed by atoms with Crippen LogP contribution in [0.2, 0.25) is 0 Å². The molecule has 18 heavy (non-hydrogen) atoms. The van der Waals surface area contributed by atoms with E-state index in [-0.39, 0.29) is 18.0 Å². The summed E-state index contributed by atoms with van der Waals surface area (Å²) in [6.07, 6.45) is 1.40. The topological polar surface area (TPSA) is 96.6 Å². The highest BCUT2D eigenvalue weighted by atomic mass is 16.6. The van der Waals surface area contributed by atoms with Crippen LogP contribution in [0.25, 0.3) is 0 Å². The third-order valence-corrected chi connectivity index (χ3v) is 3.01. The Bertz CT molecular complexity index is 497. The normalized spacial score (nSPS) is 15.3. The van der Waals surface area contributed by atoms with E-state index in [4.69, 9.17) is 5.11 Å². The highest BCUT2D eigenvalue weighted by Crippen LogP contribution is 2.27. The Balaban J connectivity index is 2.02. The third-order valence-electron chi connectivity index (χ3n) is 3.01. The van der Waals surface area contributed by atoms with Gasteiger partial charge in [0.15, 0.2) is 0 Å². The number of nitro groups is 1. The zero-order chi connectivity index (χ0) is 13.3. The van der Waals surface area contributed by atoms with Gasteiger partial charge >= 0.3 is 5.97 Å². The molecule has 1 fully saturated rings. The quantitative estimate of drug-likeness (QED) is 0.638.